The molecular weight excluding hydrogens is 207 g/mol. The van der Waals surface area contributed by atoms with Gasteiger partial charge in [-0.25, -0.2) is 9.18 Å². The van der Waals surface area contributed by atoms with Crippen LogP contribution in [-0.2, 0) is 5.67 Å². The van der Waals surface area contributed by atoms with Crippen LogP contribution in [0, 0.1) is 5.41 Å². The molecule has 1 aromatic carbocycles. The lowest BCUT2D eigenvalue weighted by Crippen LogP contribution is -2.32. The minimum Gasteiger partial charge on any atom is -0.478 e. The van der Waals surface area contributed by atoms with Crippen molar-refractivity contribution in [3.05, 3.63) is 35.4 Å². The molecule has 0 fully saturated rings. The van der Waals surface area contributed by atoms with Crippen molar-refractivity contribution in [2.75, 3.05) is 0 Å². The van der Waals surface area contributed by atoms with Gasteiger partial charge in [0.2, 0.25) is 0 Å². The van der Waals surface area contributed by atoms with E-state index in [0.29, 0.717) is 5.56 Å². The Morgan fingerprint density at radius 2 is 1.56 bits per heavy atom. The summed E-state index contributed by atoms with van der Waals surface area (Å²) < 4.78 is 14.5. The van der Waals surface area contributed by atoms with Gasteiger partial charge in [0.15, 0.2) is 0 Å². The van der Waals surface area contributed by atoms with Crippen LogP contribution in [0.2, 0.25) is 0 Å². The fourth-order valence-corrected chi connectivity index (χ4v) is 1.36. The highest BCUT2D eigenvalue weighted by Crippen LogP contribution is 2.42. The maximum absolute atomic E-state index is 14.5. The molecule has 88 valence electrons. The number of carboxylic acids is 1. The molecule has 0 aliphatic carbocycles. The largest absolute Gasteiger partial charge is 0.478 e. The number of aromatic carboxylic acids is 1. The summed E-state index contributed by atoms with van der Waals surface area (Å²) in [6.07, 6.45) is 0. The van der Waals surface area contributed by atoms with Crippen molar-refractivity contribution in [2.24, 2.45) is 5.41 Å². The Labute approximate surface area is 95.1 Å². The Morgan fingerprint density at radius 1 is 1.12 bits per heavy atom. The third kappa shape index (κ3) is 2.23. The molecule has 0 aliphatic heterocycles. The van der Waals surface area contributed by atoms with E-state index in [1.165, 1.54) is 31.2 Å². The van der Waals surface area contributed by atoms with Crippen LogP contribution in [0.5, 0.6) is 0 Å². The summed E-state index contributed by atoms with van der Waals surface area (Å²) >= 11 is 0. The highest BCUT2D eigenvalue weighted by molar-refractivity contribution is 5.87. The first-order chi connectivity index (χ1) is 7.16. The van der Waals surface area contributed by atoms with E-state index in [9.17, 15) is 9.18 Å². The molecule has 1 atom stereocenters. The second-order valence-electron chi connectivity index (χ2n) is 5.14. The summed E-state index contributed by atoms with van der Waals surface area (Å²) in [5.41, 5.74) is -1.33. The minimum absolute atomic E-state index is 0.174. The van der Waals surface area contributed by atoms with Crippen molar-refractivity contribution in [1.82, 2.24) is 0 Å². The molecule has 1 rings (SSSR count). The summed E-state index contributed by atoms with van der Waals surface area (Å²) in [5, 5.41) is 8.74. The third-order valence-corrected chi connectivity index (χ3v) is 3.08. The summed E-state index contributed by atoms with van der Waals surface area (Å²) in [6.45, 7) is 6.97. The predicted octanol–water partition coefficient (Wildman–Crippen LogP) is 3.62. The van der Waals surface area contributed by atoms with Gasteiger partial charge in [-0.05, 0) is 30.0 Å². The monoisotopic (exact) mass is 224 g/mol. The topological polar surface area (TPSA) is 37.3 Å². The van der Waals surface area contributed by atoms with Gasteiger partial charge < -0.3 is 5.11 Å². The quantitative estimate of drug-likeness (QED) is 0.833. The van der Waals surface area contributed by atoms with Crippen LogP contribution in [0.25, 0.3) is 0 Å². The number of alkyl halides is 1. The summed E-state index contributed by atoms with van der Waals surface area (Å²) in [4.78, 5) is 10.7. The van der Waals surface area contributed by atoms with E-state index < -0.39 is 17.1 Å². The number of benzene rings is 1. The first-order valence-corrected chi connectivity index (χ1v) is 5.19. The van der Waals surface area contributed by atoms with E-state index in [1.54, 1.807) is 0 Å². The minimum atomic E-state index is -1.48. The van der Waals surface area contributed by atoms with Crippen molar-refractivity contribution < 1.29 is 14.3 Å². The van der Waals surface area contributed by atoms with Gasteiger partial charge in [-0.2, -0.15) is 0 Å². The van der Waals surface area contributed by atoms with Crippen molar-refractivity contribution >= 4 is 5.97 Å². The number of carboxylic acid groups (broad SMARTS) is 1. The van der Waals surface area contributed by atoms with Crippen LogP contribution in [0.4, 0.5) is 4.39 Å². The van der Waals surface area contributed by atoms with Gasteiger partial charge in [0.05, 0.1) is 5.56 Å². The van der Waals surface area contributed by atoms with E-state index in [4.69, 9.17) is 5.11 Å². The number of carbonyl (C=O) groups is 1. The van der Waals surface area contributed by atoms with Gasteiger partial charge in [0.25, 0.3) is 0 Å². The van der Waals surface area contributed by atoms with Gasteiger partial charge in [-0.1, -0.05) is 32.9 Å². The molecule has 0 radical (unpaired) electrons. The lowest BCUT2D eigenvalue weighted by Gasteiger charge is -2.35. The molecule has 16 heavy (non-hydrogen) atoms. The van der Waals surface area contributed by atoms with Crippen LogP contribution in [0.3, 0.4) is 0 Å². The standard InChI is InChI=1S/C13H17FO2/c1-12(2,3)13(4,14)10-7-5-9(6-8-10)11(15)16/h5-8H,1-4H3,(H,15,16). The van der Waals surface area contributed by atoms with Crippen molar-refractivity contribution in [2.45, 2.75) is 33.4 Å². The SMILES string of the molecule is CC(C)(C)C(C)(F)c1ccc(C(=O)O)cc1. The summed E-state index contributed by atoms with van der Waals surface area (Å²) in [6, 6.07) is 5.94. The van der Waals surface area contributed by atoms with Gasteiger partial charge in [0.1, 0.15) is 5.67 Å². The number of hydrogen-bond donors (Lipinski definition) is 1. The van der Waals surface area contributed by atoms with Gasteiger partial charge in [0, 0.05) is 0 Å². The van der Waals surface area contributed by atoms with E-state index >= 15 is 0 Å². The second-order valence-corrected chi connectivity index (χ2v) is 5.14. The molecule has 0 amide bonds. The zero-order valence-corrected chi connectivity index (χ0v) is 10.0. The lowest BCUT2D eigenvalue weighted by atomic mass is 9.75. The third-order valence-electron chi connectivity index (χ3n) is 3.08. The zero-order valence-electron chi connectivity index (χ0n) is 10.0. The first kappa shape index (κ1) is 12.7. The maximum Gasteiger partial charge on any atom is 0.335 e. The van der Waals surface area contributed by atoms with Crippen LogP contribution >= 0.6 is 0 Å². The van der Waals surface area contributed by atoms with Crippen LogP contribution in [0.1, 0.15) is 43.6 Å². The molecule has 0 aliphatic rings. The van der Waals surface area contributed by atoms with E-state index in [-0.39, 0.29) is 5.56 Å². The van der Waals surface area contributed by atoms with E-state index in [2.05, 4.69) is 0 Å². The van der Waals surface area contributed by atoms with Gasteiger partial charge in [-0.15, -0.1) is 0 Å². The smallest absolute Gasteiger partial charge is 0.335 e. The van der Waals surface area contributed by atoms with Gasteiger partial charge >= 0.3 is 5.97 Å². The maximum atomic E-state index is 14.5. The Kier molecular flexibility index (Phi) is 3.08. The first-order valence-electron chi connectivity index (χ1n) is 5.19. The van der Waals surface area contributed by atoms with Crippen LogP contribution in [-0.4, -0.2) is 11.1 Å². The average Bonchev–Trinajstić information content (AvgIpc) is 2.16. The molecule has 0 heterocycles. The Morgan fingerprint density at radius 3 is 1.88 bits per heavy atom. The molecule has 1 N–H and O–H groups in total. The summed E-state index contributed by atoms with van der Waals surface area (Å²) in [7, 11) is 0. The number of halogens is 1. The Bertz CT molecular complexity index is 385. The van der Waals surface area contributed by atoms with Crippen LogP contribution < -0.4 is 0 Å². The Hall–Kier alpha value is -1.38. The van der Waals surface area contributed by atoms with E-state index in [1.807, 2.05) is 20.8 Å². The summed E-state index contributed by atoms with van der Waals surface area (Å²) in [5.74, 6) is -0.997. The van der Waals surface area contributed by atoms with Crippen molar-refractivity contribution in [3.63, 3.8) is 0 Å². The molecule has 0 saturated heterocycles. The highest BCUT2D eigenvalue weighted by atomic mass is 19.1. The van der Waals surface area contributed by atoms with Crippen molar-refractivity contribution in [1.29, 1.82) is 0 Å². The molecule has 0 bridgehead atoms. The van der Waals surface area contributed by atoms with Crippen molar-refractivity contribution in [3.8, 4) is 0 Å². The fraction of sp³-hybridized carbons (Fsp3) is 0.462. The molecule has 0 saturated carbocycles. The second kappa shape index (κ2) is 3.89. The van der Waals surface area contributed by atoms with E-state index in [0.717, 1.165) is 0 Å². The fourth-order valence-electron chi connectivity index (χ4n) is 1.36. The zero-order chi connectivity index (χ0) is 12.6. The normalized spacial score (nSPS) is 15.6. The lowest BCUT2D eigenvalue weighted by molar-refractivity contribution is 0.0451. The van der Waals surface area contributed by atoms with Crippen LogP contribution in [0.15, 0.2) is 24.3 Å². The Balaban J connectivity index is 3.11. The molecule has 0 aromatic heterocycles. The molecular formula is C13H17FO2. The predicted molar refractivity (Wildman–Crippen MR) is 61.3 cm³/mol. The molecule has 3 heteroatoms. The number of hydrogen-bond acceptors (Lipinski definition) is 1. The molecule has 1 aromatic rings. The molecule has 2 nitrogen and oxygen atoms in total. The molecule has 1 unspecified atom stereocenters. The number of rotatable bonds is 2. The average molecular weight is 224 g/mol. The van der Waals surface area contributed by atoms with Gasteiger partial charge in [-0.3, -0.25) is 0 Å². The highest BCUT2D eigenvalue weighted by Gasteiger charge is 2.39. The molecule has 0 spiro atoms.